The third-order valence-electron chi connectivity index (χ3n) is 12.7. The number of aromatic hydroxyl groups is 1. The second-order valence-corrected chi connectivity index (χ2v) is 17.9. The van der Waals surface area contributed by atoms with Gasteiger partial charge in [-0.05, 0) is 119 Å². The minimum atomic E-state index is -5.76. The molecule has 4 aromatic carbocycles. The molecule has 0 bridgehead atoms. The van der Waals surface area contributed by atoms with Gasteiger partial charge in [-0.3, -0.25) is 19.6 Å². The van der Waals surface area contributed by atoms with E-state index in [4.69, 9.17) is 9.47 Å². The van der Waals surface area contributed by atoms with Gasteiger partial charge in [-0.25, -0.2) is 0 Å². The third kappa shape index (κ3) is 11.7. The van der Waals surface area contributed by atoms with Gasteiger partial charge in [0.15, 0.2) is 0 Å². The lowest BCUT2D eigenvalue weighted by Crippen LogP contribution is -2.29. The number of aryl methyl sites for hydroxylation is 2. The molecule has 2 aromatic heterocycles. The van der Waals surface area contributed by atoms with Gasteiger partial charge in [-0.15, -0.1) is 0 Å². The number of phenolic OH excluding ortho intramolecular Hbond substituents is 1. The van der Waals surface area contributed by atoms with Gasteiger partial charge in [-0.1, -0.05) is 100 Å². The van der Waals surface area contributed by atoms with Crippen LogP contribution in [0.2, 0.25) is 0 Å². The normalized spacial score (nSPS) is 11.9. The highest BCUT2D eigenvalue weighted by Crippen LogP contribution is 2.43. The molecule has 0 spiro atoms. The Balaban J connectivity index is 0.000000256. The Morgan fingerprint density at radius 1 is 0.552 bits per heavy atom. The SMILES string of the molecule is CCC(CC)(c1ccc(-c2cncc(CC(=O)OC)c2)cc1)c1ccc(O)c(C)c1.CCC(CC)(c1ccc(-c2cncc(CC(=O)OC)c2)cc1)c1ccc(OS(=O)(=O)C(F)(F)F)c(C)c1. The Bertz CT molecular complexity index is 2770. The quantitative estimate of drug-likeness (QED) is 0.0566. The van der Waals surface area contributed by atoms with Crippen molar-refractivity contribution in [1.29, 1.82) is 0 Å². The number of carbonyl (C=O) groups excluding carboxylic acids is 2. The van der Waals surface area contributed by atoms with Crippen LogP contribution in [-0.4, -0.2) is 55.2 Å². The number of hydrogen-bond acceptors (Lipinski definition) is 10. The van der Waals surface area contributed by atoms with Gasteiger partial charge in [0.25, 0.3) is 0 Å². The molecule has 354 valence electrons. The summed E-state index contributed by atoms with van der Waals surface area (Å²) in [6, 6.07) is 30.8. The highest BCUT2D eigenvalue weighted by molar-refractivity contribution is 7.88. The first-order valence-electron chi connectivity index (χ1n) is 21.9. The first kappa shape index (κ1) is 51.4. The molecule has 0 aliphatic heterocycles. The molecule has 6 aromatic rings. The average Bonchev–Trinajstić information content (AvgIpc) is 3.32. The molecule has 0 unspecified atom stereocenters. The van der Waals surface area contributed by atoms with E-state index in [0.29, 0.717) is 18.6 Å². The summed E-state index contributed by atoms with van der Waals surface area (Å²) < 4.78 is 75.0. The third-order valence-corrected chi connectivity index (χ3v) is 13.6. The lowest BCUT2D eigenvalue weighted by atomic mass is 9.70. The molecule has 10 nitrogen and oxygen atoms in total. The summed E-state index contributed by atoms with van der Waals surface area (Å²) in [5, 5.41) is 9.95. The number of pyridine rings is 2. The number of nitrogens with zero attached hydrogens (tertiary/aromatic N) is 2. The van der Waals surface area contributed by atoms with E-state index in [1.54, 1.807) is 36.8 Å². The van der Waals surface area contributed by atoms with Gasteiger partial charge >= 0.3 is 27.6 Å². The van der Waals surface area contributed by atoms with Crippen LogP contribution >= 0.6 is 0 Å². The van der Waals surface area contributed by atoms with Crippen LogP contribution in [-0.2, 0) is 52.9 Å². The van der Waals surface area contributed by atoms with Crippen LogP contribution < -0.4 is 4.18 Å². The van der Waals surface area contributed by atoms with Crippen LogP contribution in [0.4, 0.5) is 13.2 Å². The zero-order valence-corrected chi connectivity index (χ0v) is 39.8. The number of methoxy groups -OCH3 is 2. The van der Waals surface area contributed by atoms with Crippen molar-refractivity contribution in [1.82, 2.24) is 9.97 Å². The topological polar surface area (TPSA) is 142 Å². The number of esters is 2. The fraction of sp³-hybridized carbons (Fsp3) is 0.321. The van der Waals surface area contributed by atoms with E-state index in [2.05, 4.69) is 58.3 Å². The summed E-state index contributed by atoms with van der Waals surface area (Å²) in [6.07, 6.45) is 10.5. The van der Waals surface area contributed by atoms with E-state index >= 15 is 0 Å². The minimum Gasteiger partial charge on any atom is -0.508 e. The van der Waals surface area contributed by atoms with Crippen molar-refractivity contribution in [3.05, 3.63) is 166 Å². The van der Waals surface area contributed by atoms with Gasteiger partial charge in [0.05, 0.1) is 27.1 Å². The zero-order chi connectivity index (χ0) is 49.2. The van der Waals surface area contributed by atoms with Crippen molar-refractivity contribution in [3.8, 4) is 33.8 Å². The van der Waals surface area contributed by atoms with E-state index in [1.807, 2.05) is 69.4 Å². The second-order valence-electron chi connectivity index (χ2n) is 16.4. The molecule has 14 heteroatoms. The summed E-state index contributed by atoms with van der Waals surface area (Å²) in [7, 11) is -3.04. The first-order valence-corrected chi connectivity index (χ1v) is 23.4. The van der Waals surface area contributed by atoms with Gasteiger partial charge in [0.1, 0.15) is 11.5 Å². The van der Waals surface area contributed by atoms with E-state index in [-0.39, 0.29) is 41.5 Å². The molecule has 0 aliphatic carbocycles. The molecular formula is C53H57F3N2O8S. The fourth-order valence-electron chi connectivity index (χ4n) is 8.55. The maximum atomic E-state index is 12.8. The monoisotopic (exact) mass is 938 g/mol. The molecule has 0 aliphatic rings. The maximum Gasteiger partial charge on any atom is 0.534 e. The zero-order valence-electron chi connectivity index (χ0n) is 39.0. The van der Waals surface area contributed by atoms with Crippen molar-refractivity contribution in [2.75, 3.05) is 14.2 Å². The predicted molar refractivity (Wildman–Crippen MR) is 253 cm³/mol. The van der Waals surface area contributed by atoms with Crippen LogP contribution in [0.5, 0.6) is 11.5 Å². The molecule has 6 rings (SSSR count). The second kappa shape index (κ2) is 21.8. The van der Waals surface area contributed by atoms with Gasteiger partial charge < -0.3 is 18.8 Å². The largest absolute Gasteiger partial charge is 0.534 e. The number of hydrogen-bond donors (Lipinski definition) is 1. The molecule has 0 atom stereocenters. The number of aromatic nitrogens is 2. The van der Waals surface area contributed by atoms with Crippen molar-refractivity contribution in [2.24, 2.45) is 0 Å². The van der Waals surface area contributed by atoms with Crippen LogP contribution in [0.3, 0.4) is 0 Å². The molecule has 0 radical (unpaired) electrons. The molecular weight excluding hydrogens is 882 g/mol. The number of alkyl halides is 3. The lowest BCUT2D eigenvalue weighted by molar-refractivity contribution is -0.140. The predicted octanol–water partition coefficient (Wildman–Crippen LogP) is 11.7. The molecule has 2 heterocycles. The summed E-state index contributed by atoms with van der Waals surface area (Å²) in [6.45, 7) is 11.9. The van der Waals surface area contributed by atoms with E-state index in [9.17, 15) is 36.3 Å². The van der Waals surface area contributed by atoms with Crippen LogP contribution in [0.25, 0.3) is 22.3 Å². The Hall–Kier alpha value is -6.54. The summed E-state index contributed by atoms with van der Waals surface area (Å²) >= 11 is 0. The molecule has 0 saturated carbocycles. The summed E-state index contributed by atoms with van der Waals surface area (Å²) in [5.41, 5.74) is 4.73. The number of carbonyl (C=O) groups is 2. The lowest BCUT2D eigenvalue weighted by Gasteiger charge is -2.34. The smallest absolute Gasteiger partial charge is 0.508 e. The number of rotatable bonds is 16. The first-order chi connectivity index (χ1) is 31.8. The highest BCUT2D eigenvalue weighted by Gasteiger charge is 2.49. The van der Waals surface area contributed by atoms with Crippen LogP contribution in [0.15, 0.2) is 122 Å². The van der Waals surface area contributed by atoms with Crippen LogP contribution in [0, 0.1) is 13.8 Å². The standard InChI is InChI=1S/C27H28F3NO5S.C26H29NO3/c1-5-26(6-2,23-11-12-24(18(3)13-23)36-37(33,34)27(28,29)30)22-9-7-20(8-10-22)21-14-19(16-31-17-21)15-25(32)35-4;1-5-26(6-2,23-11-12-24(28)18(3)13-23)22-9-7-20(8-10-22)21-14-19(16-27-17-21)15-25(29)30-4/h7-14,16-17H,5-6,15H2,1-4H3;7-14,16-17,28H,5-6,15H2,1-4H3. The minimum absolute atomic E-state index is 0.109. The molecule has 67 heavy (non-hydrogen) atoms. The Labute approximate surface area is 391 Å². The number of benzene rings is 4. The van der Waals surface area contributed by atoms with Crippen molar-refractivity contribution in [3.63, 3.8) is 0 Å². The molecule has 1 N–H and O–H groups in total. The molecule has 0 fully saturated rings. The van der Waals surface area contributed by atoms with Gasteiger partial charge in [0.2, 0.25) is 0 Å². The van der Waals surface area contributed by atoms with E-state index in [0.717, 1.165) is 62.9 Å². The van der Waals surface area contributed by atoms with E-state index < -0.39 is 21.0 Å². The van der Waals surface area contributed by atoms with Crippen molar-refractivity contribution in [2.45, 2.75) is 96.4 Å². The number of halogens is 3. The maximum absolute atomic E-state index is 12.8. The number of ether oxygens (including phenoxy) is 2. The van der Waals surface area contributed by atoms with Crippen LogP contribution in [0.1, 0.15) is 97.9 Å². The van der Waals surface area contributed by atoms with Crippen molar-refractivity contribution >= 4 is 22.1 Å². The Morgan fingerprint density at radius 3 is 1.30 bits per heavy atom. The summed E-state index contributed by atoms with van der Waals surface area (Å²) in [5.74, 6) is -0.664. The Morgan fingerprint density at radius 2 is 0.940 bits per heavy atom. The fourth-order valence-corrected chi connectivity index (χ4v) is 9.07. The van der Waals surface area contributed by atoms with E-state index in [1.165, 1.54) is 38.3 Å². The summed E-state index contributed by atoms with van der Waals surface area (Å²) in [4.78, 5) is 31.7. The Kier molecular flexibility index (Phi) is 16.8. The molecule has 0 saturated heterocycles. The van der Waals surface area contributed by atoms with Gasteiger partial charge in [0, 0.05) is 46.7 Å². The molecule has 0 amide bonds. The highest BCUT2D eigenvalue weighted by atomic mass is 32.2. The van der Waals surface area contributed by atoms with Crippen molar-refractivity contribution < 1.29 is 49.9 Å². The number of phenols is 1. The van der Waals surface area contributed by atoms with Gasteiger partial charge in [-0.2, -0.15) is 21.6 Å². The average molecular weight is 939 g/mol.